The van der Waals surface area contributed by atoms with Gasteiger partial charge in [0.1, 0.15) is 5.75 Å². The van der Waals surface area contributed by atoms with Gasteiger partial charge in [-0.3, -0.25) is 4.79 Å². The lowest BCUT2D eigenvalue weighted by atomic mass is 10.1. The monoisotopic (exact) mass is 365 g/mol. The minimum atomic E-state index is -2.97. The molecule has 0 heterocycles. The van der Waals surface area contributed by atoms with Crippen LogP contribution in [0.1, 0.15) is 22.8 Å². The molecule has 0 saturated heterocycles. The first-order chi connectivity index (χ1) is 12.4. The van der Waals surface area contributed by atoms with Crippen molar-refractivity contribution in [3.8, 4) is 17.2 Å². The number of hydrogen-bond acceptors (Lipinski definition) is 4. The third-order valence-corrected chi connectivity index (χ3v) is 3.63. The van der Waals surface area contributed by atoms with Gasteiger partial charge < -0.3 is 19.1 Å². The first kappa shape index (κ1) is 19.5. The van der Waals surface area contributed by atoms with Crippen molar-refractivity contribution in [1.82, 2.24) is 4.90 Å². The van der Waals surface area contributed by atoms with E-state index in [1.54, 1.807) is 7.05 Å². The molecule has 2 aromatic rings. The summed E-state index contributed by atoms with van der Waals surface area (Å²) >= 11 is 0. The molecule has 7 heteroatoms. The summed E-state index contributed by atoms with van der Waals surface area (Å²) in [5.74, 6) is 0.462. The van der Waals surface area contributed by atoms with Gasteiger partial charge >= 0.3 is 6.61 Å². The zero-order valence-corrected chi connectivity index (χ0v) is 14.9. The molecule has 0 fully saturated rings. The second-order valence-electron chi connectivity index (χ2n) is 5.48. The summed E-state index contributed by atoms with van der Waals surface area (Å²) in [6.45, 7) is -0.0762. The van der Waals surface area contributed by atoms with Gasteiger partial charge in [-0.2, -0.15) is 8.78 Å². The Kier molecular flexibility index (Phi) is 6.77. The van der Waals surface area contributed by atoms with Crippen LogP contribution in [0.5, 0.6) is 17.2 Å². The Hall–Kier alpha value is -2.83. The molecule has 140 valence electrons. The van der Waals surface area contributed by atoms with Gasteiger partial charge in [0, 0.05) is 19.2 Å². The number of nitrogens with zero attached hydrogens (tertiary/aromatic N) is 1. The van der Waals surface area contributed by atoms with Crippen molar-refractivity contribution in [3.05, 3.63) is 53.6 Å². The molecule has 0 spiro atoms. The van der Waals surface area contributed by atoms with Crippen LogP contribution < -0.4 is 14.2 Å². The predicted molar refractivity (Wildman–Crippen MR) is 93.0 cm³/mol. The predicted octanol–water partition coefficient (Wildman–Crippen LogP) is 3.97. The maximum absolute atomic E-state index is 12.6. The Labute approximate surface area is 151 Å². The Balaban J connectivity index is 2.09. The van der Waals surface area contributed by atoms with Crippen molar-refractivity contribution in [2.45, 2.75) is 20.1 Å². The van der Waals surface area contributed by atoms with Crippen molar-refractivity contribution in [1.29, 1.82) is 0 Å². The van der Waals surface area contributed by atoms with Crippen LogP contribution >= 0.6 is 0 Å². The molecule has 0 radical (unpaired) electrons. The molecule has 0 bridgehead atoms. The first-order valence-electron chi connectivity index (χ1n) is 8.04. The highest BCUT2D eigenvalue weighted by Crippen LogP contribution is 2.30. The maximum Gasteiger partial charge on any atom is 0.387 e. The van der Waals surface area contributed by atoms with Gasteiger partial charge in [0.2, 0.25) is 0 Å². The fourth-order valence-electron chi connectivity index (χ4n) is 2.42. The SMILES string of the molecule is CCOc1ccc(CN(C)C(=O)c2ccc(OC(F)F)c(OC)c2)cc1. The summed E-state index contributed by atoms with van der Waals surface area (Å²) in [5, 5.41) is 0. The van der Waals surface area contributed by atoms with Gasteiger partial charge in [0.25, 0.3) is 5.91 Å². The van der Waals surface area contributed by atoms with Gasteiger partial charge in [-0.05, 0) is 42.8 Å². The Morgan fingerprint density at radius 2 is 1.81 bits per heavy atom. The van der Waals surface area contributed by atoms with E-state index in [9.17, 15) is 13.6 Å². The van der Waals surface area contributed by atoms with Gasteiger partial charge in [-0.25, -0.2) is 0 Å². The van der Waals surface area contributed by atoms with Gasteiger partial charge in [0.05, 0.1) is 13.7 Å². The largest absolute Gasteiger partial charge is 0.494 e. The Morgan fingerprint density at radius 1 is 1.12 bits per heavy atom. The molecular formula is C19H21F2NO4. The minimum Gasteiger partial charge on any atom is -0.494 e. The van der Waals surface area contributed by atoms with Crippen LogP contribution in [0.2, 0.25) is 0 Å². The molecule has 1 amide bonds. The third kappa shape index (κ3) is 5.08. The van der Waals surface area contributed by atoms with Crippen molar-refractivity contribution in [2.75, 3.05) is 20.8 Å². The van der Waals surface area contributed by atoms with Crippen LogP contribution in [-0.2, 0) is 6.54 Å². The lowest BCUT2D eigenvalue weighted by Crippen LogP contribution is -2.26. The summed E-state index contributed by atoms with van der Waals surface area (Å²) in [7, 11) is 2.99. The first-order valence-corrected chi connectivity index (χ1v) is 8.04. The Bertz CT molecular complexity index is 735. The lowest BCUT2D eigenvalue weighted by Gasteiger charge is -2.18. The number of alkyl halides is 2. The molecule has 0 aromatic heterocycles. The minimum absolute atomic E-state index is 0.0746. The molecule has 0 aliphatic heterocycles. The molecule has 2 aromatic carbocycles. The van der Waals surface area contributed by atoms with E-state index >= 15 is 0 Å². The van der Waals surface area contributed by atoms with Crippen molar-refractivity contribution < 1.29 is 27.8 Å². The molecule has 26 heavy (non-hydrogen) atoms. The smallest absolute Gasteiger partial charge is 0.387 e. The number of amides is 1. The highest BCUT2D eigenvalue weighted by molar-refractivity contribution is 5.94. The zero-order chi connectivity index (χ0) is 19.1. The quantitative estimate of drug-likeness (QED) is 0.710. The molecule has 5 nitrogen and oxygen atoms in total. The summed E-state index contributed by atoms with van der Waals surface area (Å²) in [4.78, 5) is 14.1. The summed E-state index contributed by atoms with van der Waals surface area (Å²) < 4.78 is 39.5. The van der Waals surface area contributed by atoms with E-state index in [-0.39, 0.29) is 17.4 Å². The molecule has 0 aliphatic rings. The molecule has 0 aliphatic carbocycles. The van der Waals surface area contributed by atoms with Crippen LogP contribution in [0.4, 0.5) is 8.78 Å². The van der Waals surface area contributed by atoms with E-state index in [1.165, 1.54) is 30.2 Å². The fraction of sp³-hybridized carbons (Fsp3) is 0.316. The van der Waals surface area contributed by atoms with Gasteiger partial charge in [0.15, 0.2) is 11.5 Å². The third-order valence-electron chi connectivity index (χ3n) is 3.63. The molecule has 0 atom stereocenters. The number of halogens is 2. The second kappa shape index (κ2) is 9.03. The molecule has 2 rings (SSSR count). The molecular weight excluding hydrogens is 344 g/mol. The van der Waals surface area contributed by atoms with Crippen LogP contribution in [0.15, 0.2) is 42.5 Å². The van der Waals surface area contributed by atoms with Crippen LogP contribution in [0.3, 0.4) is 0 Å². The topological polar surface area (TPSA) is 48.0 Å². The van der Waals surface area contributed by atoms with Crippen molar-refractivity contribution in [3.63, 3.8) is 0 Å². The van der Waals surface area contributed by atoms with Gasteiger partial charge in [-0.1, -0.05) is 12.1 Å². The van der Waals surface area contributed by atoms with E-state index in [2.05, 4.69) is 4.74 Å². The van der Waals surface area contributed by atoms with Crippen LogP contribution in [-0.4, -0.2) is 38.2 Å². The van der Waals surface area contributed by atoms with E-state index < -0.39 is 6.61 Å². The number of methoxy groups -OCH3 is 1. The summed E-state index contributed by atoms with van der Waals surface area (Å²) in [6, 6.07) is 11.6. The van der Waals surface area contributed by atoms with E-state index in [0.717, 1.165) is 11.3 Å². The number of carbonyl (C=O) groups is 1. The number of ether oxygens (including phenoxy) is 3. The maximum atomic E-state index is 12.6. The fourth-order valence-corrected chi connectivity index (χ4v) is 2.42. The number of hydrogen-bond donors (Lipinski definition) is 0. The zero-order valence-electron chi connectivity index (χ0n) is 14.9. The lowest BCUT2D eigenvalue weighted by molar-refractivity contribution is -0.0512. The second-order valence-corrected chi connectivity index (χ2v) is 5.48. The highest BCUT2D eigenvalue weighted by Gasteiger charge is 2.17. The average molecular weight is 365 g/mol. The van der Waals surface area contributed by atoms with Gasteiger partial charge in [-0.15, -0.1) is 0 Å². The van der Waals surface area contributed by atoms with E-state index in [0.29, 0.717) is 18.7 Å². The van der Waals surface area contributed by atoms with Crippen LogP contribution in [0.25, 0.3) is 0 Å². The Morgan fingerprint density at radius 3 is 2.38 bits per heavy atom. The normalized spacial score (nSPS) is 10.5. The van der Waals surface area contributed by atoms with E-state index in [4.69, 9.17) is 9.47 Å². The molecule has 0 N–H and O–H groups in total. The van der Waals surface area contributed by atoms with Crippen molar-refractivity contribution in [2.24, 2.45) is 0 Å². The summed E-state index contributed by atoms with van der Waals surface area (Å²) in [5.41, 5.74) is 1.26. The highest BCUT2D eigenvalue weighted by atomic mass is 19.3. The standard InChI is InChI=1S/C19H21F2NO4/c1-4-25-15-8-5-13(6-9-15)12-22(2)18(23)14-7-10-16(26-19(20)21)17(11-14)24-3/h5-11,19H,4,12H2,1-3H3. The average Bonchev–Trinajstić information content (AvgIpc) is 2.62. The summed E-state index contributed by atoms with van der Waals surface area (Å²) in [6.07, 6.45) is 0. The number of rotatable bonds is 8. The van der Waals surface area contributed by atoms with E-state index in [1.807, 2.05) is 31.2 Å². The number of benzene rings is 2. The molecule has 0 saturated carbocycles. The molecule has 0 unspecified atom stereocenters. The van der Waals surface area contributed by atoms with Crippen LogP contribution in [0, 0.1) is 0 Å². The van der Waals surface area contributed by atoms with Crippen molar-refractivity contribution >= 4 is 5.91 Å². The number of carbonyl (C=O) groups excluding carboxylic acids is 1.